The maximum atomic E-state index is 12.6. The average Bonchev–Trinajstić information content (AvgIpc) is 2.72. The van der Waals surface area contributed by atoms with Gasteiger partial charge in [-0.25, -0.2) is 0 Å². The van der Waals surface area contributed by atoms with Crippen molar-refractivity contribution in [3.05, 3.63) is 93.4 Å². The van der Waals surface area contributed by atoms with Gasteiger partial charge in [0, 0.05) is 29.2 Å². The van der Waals surface area contributed by atoms with Crippen LogP contribution < -0.4 is 16.2 Å². The molecule has 0 bridgehead atoms. The first-order chi connectivity index (χ1) is 14.4. The first kappa shape index (κ1) is 21.0. The topological polar surface area (TPSA) is 80.2 Å². The molecule has 30 heavy (non-hydrogen) atoms. The van der Waals surface area contributed by atoms with Crippen LogP contribution in [-0.2, 0) is 17.8 Å². The summed E-state index contributed by atoms with van der Waals surface area (Å²) in [5, 5.41) is 5.74. The number of anilines is 2. The lowest BCUT2D eigenvalue weighted by Gasteiger charge is -2.13. The second kappa shape index (κ2) is 9.22. The summed E-state index contributed by atoms with van der Waals surface area (Å²) in [6.45, 7) is 5.80. The van der Waals surface area contributed by atoms with Crippen LogP contribution in [0.2, 0.25) is 0 Å². The summed E-state index contributed by atoms with van der Waals surface area (Å²) in [5.41, 5.74) is 4.65. The Hall–Kier alpha value is -3.67. The van der Waals surface area contributed by atoms with Crippen molar-refractivity contribution >= 4 is 23.2 Å². The maximum Gasteiger partial charge on any atom is 0.255 e. The van der Waals surface area contributed by atoms with Crippen molar-refractivity contribution in [3.63, 3.8) is 0 Å². The van der Waals surface area contributed by atoms with E-state index in [9.17, 15) is 14.4 Å². The number of rotatable bonds is 6. The van der Waals surface area contributed by atoms with Crippen molar-refractivity contribution < 1.29 is 9.59 Å². The molecule has 1 aromatic heterocycles. The lowest BCUT2D eigenvalue weighted by Crippen LogP contribution is -2.26. The van der Waals surface area contributed by atoms with Crippen LogP contribution in [0.15, 0.2) is 65.6 Å². The van der Waals surface area contributed by atoms with Gasteiger partial charge in [0.05, 0.1) is 0 Å². The summed E-state index contributed by atoms with van der Waals surface area (Å²) in [4.78, 5) is 36.7. The van der Waals surface area contributed by atoms with Gasteiger partial charge in [-0.3, -0.25) is 14.4 Å². The van der Waals surface area contributed by atoms with Gasteiger partial charge in [0.1, 0.15) is 6.54 Å². The van der Waals surface area contributed by atoms with Crippen LogP contribution in [0.3, 0.4) is 0 Å². The SMILES string of the molecule is CCc1cccc(C)c1NC(=O)c1ccc(NC(=O)Cn2cc(C)ccc2=O)cc1. The molecule has 3 aromatic rings. The highest BCUT2D eigenvalue weighted by Gasteiger charge is 2.11. The molecule has 0 aliphatic heterocycles. The van der Waals surface area contributed by atoms with Crippen LogP contribution in [0.4, 0.5) is 11.4 Å². The molecular weight excluding hydrogens is 378 g/mol. The number of nitrogens with one attached hydrogen (secondary N) is 2. The van der Waals surface area contributed by atoms with Gasteiger partial charge >= 0.3 is 0 Å². The van der Waals surface area contributed by atoms with Crippen LogP contribution >= 0.6 is 0 Å². The third-order valence-electron chi connectivity index (χ3n) is 4.85. The number of hydrogen-bond donors (Lipinski definition) is 2. The van der Waals surface area contributed by atoms with Crippen LogP contribution in [-0.4, -0.2) is 16.4 Å². The molecule has 0 saturated heterocycles. The number of nitrogens with zero attached hydrogens (tertiary/aromatic N) is 1. The van der Waals surface area contributed by atoms with E-state index in [1.165, 1.54) is 10.6 Å². The Bertz CT molecular complexity index is 1130. The lowest BCUT2D eigenvalue weighted by atomic mass is 10.1. The van der Waals surface area contributed by atoms with E-state index in [2.05, 4.69) is 10.6 Å². The van der Waals surface area contributed by atoms with Crippen LogP contribution in [0.1, 0.15) is 34.0 Å². The number of aryl methyl sites for hydroxylation is 3. The molecule has 0 aliphatic carbocycles. The third kappa shape index (κ3) is 5.03. The molecule has 0 atom stereocenters. The number of amides is 2. The molecule has 6 nitrogen and oxygen atoms in total. The molecule has 2 N–H and O–H groups in total. The average molecular weight is 403 g/mol. The number of pyridine rings is 1. The molecular formula is C24H25N3O3. The quantitative estimate of drug-likeness (QED) is 0.655. The van der Waals surface area contributed by atoms with Crippen LogP contribution in [0.5, 0.6) is 0 Å². The summed E-state index contributed by atoms with van der Waals surface area (Å²) in [7, 11) is 0. The molecule has 0 spiro atoms. The van der Waals surface area contributed by atoms with Crippen molar-refractivity contribution in [2.24, 2.45) is 0 Å². The van der Waals surface area contributed by atoms with Crippen molar-refractivity contribution in [1.82, 2.24) is 4.57 Å². The minimum absolute atomic E-state index is 0.0736. The number of para-hydroxylation sites is 1. The van der Waals surface area contributed by atoms with E-state index in [-0.39, 0.29) is 23.9 Å². The van der Waals surface area contributed by atoms with Gasteiger partial charge in [0.25, 0.3) is 11.5 Å². The minimum atomic E-state index is -0.313. The van der Waals surface area contributed by atoms with E-state index >= 15 is 0 Å². The van der Waals surface area contributed by atoms with E-state index in [1.807, 2.05) is 39.0 Å². The van der Waals surface area contributed by atoms with E-state index in [4.69, 9.17) is 0 Å². The van der Waals surface area contributed by atoms with Gasteiger partial charge in [-0.1, -0.05) is 31.2 Å². The maximum absolute atomic E-state index is 12.6. The van der Waals surface area contributed by atoms with Gasteiger partial charge in [0.2, 0.25) is 5.91 Å². The largest absolute Gasteiger partial charge is 0.325 e. The zero-order chi connectivity index (χ0) is 21.7. The van der Waals surface area contributed by atoms with Crippen molar-refractivity contribution in [3.8, 4) is 0 Å². The van der Waals surface area contributed by atoms with Gasteiger partial charge in [0.15, 0.2) is 0 Å². The fourth-order valence-corrected chi connectivity index (χ4v) is 3.22. The Labute approximate surface area is 175 Å². The molecule has 0 saturated carbocycles. The first-order valence-electron chi connectivity index (χ1n) is 9.84. The fraction of sp³-hybridized carbons (Fsp3) is 0.208. The molecule has 2 amide bonds. The number of aromatic nitrogens is 1. The van der Waals surface area contributed by atoms with Crippen LogP contribution in [0.25, 0.3) is 0 Å². The first-order valence-corrected chi connectivity index (χ1v) is 9.84. The molecule has 0 radical (unpaired) electrons. The zero-order valence-electron chi connectivity index (χ0n) is 17.4. The summed E-state index contributed by atoms with van der Waals surface area (Å²) in [5.74, 6) is -0.518. The Morgan fingerprint density at radius 2 is 1.67 bits per heavy atom. The molecule has 154 valence electrons. The Kier molecular flexibility index (Phi) is 6.47. The molecule has 6 heteroatoms. The third-order valence-corrected chi connectivity index (χ3v) is 4.85. The molecule has 0 fully saturated rings. The van der Waals surface area contributed by atoms with E-state index in [0.29, 0.717) is 11.3 Å². The summed E-state index contributed by atoms with van der Waals surface area (Å²) < 4.78 is 1.36. The second-order valence-electron chi connectivity index (χ2n) is 7.21. The predicted molar refractivity (Wildman–Crippen MR) is 119 cm³/mol. The molecule has 2 aromatic carbocycles. The standard InChI is InChI=1S/C24H25N3O3/c1-4-18-7-5-6-17(3)23(18)26-24(30)19-9-11-20(12-10-19)25-21(28)15-27-14-16(2)8-13-22(27)29/h5-14H,4,15H2,1-3H3,(H,25,28)(H,26,30). The Balaban J connectivity index is 1.66. The van der Waals surface area contributed by atoms with Gasteiger partial charge in [-0.15, -0.1) is 0 Å². The van der Waals surface area contributed by atoms with E-state index < -0.39 is 0 Å². The highest BCUT2D eigenvalue weighted by molar-refractivity contribution is 6.05. The summed E-state index contributed by atoms with van der Waals surface area (Å²) >= 11 is 0. The van der Waals surface area contributed by atoms with Gasteiger partial charge in [-0.2, -0.15) is 0 Å². The van der Waals surface area contributed by atoms with Crippen molar-refractivity contribution in [2.75, 3.05) is 10.6 Å². The minimum Gasteiger partial charge on any atom is -0.325 e. The van der Waals surface area contributed by atoms with E-state index in [1.54, 1.807) is 36.5 Å². The molecule has 1 heterocycles. The highest BCUT2D eigenvalue weighted by Crippen LogP contribution is 2.22. The van der Waals surface area contributed by atoms with Gasteiger partial charge in [-0.05, 0) is 61.2 Å². The lowest BCUT2D eigenvalue weighted by molar-refractivity contribution is -0.116. The predicted octanol–water partition coefficient (Wildman–Crippen LogP) is 3.92. The van der Waals surface area contributed by atoms with Gasteiger partial charge < -0.3 is 15.2 Å². The zero-order valence-corrected chi connectivity index (χ0v) is 17.4. The fourth-order valence-electron chi connectivity index (χ4n) is 3.22. The number of carbonyl (C=O) groups is 2. The second-order valence-corrected chi connectivity index (χ2v) is 7.21. The number of carbonyl (C=O) groups excluding carboxylic acids is 2. The smallest absolute Gasteiger partial charge is 0.255 e. The Morgan fingerprint density at radius 3 is 2.37 bits per heavy atom. The van der Waals surface area contributed by atoms with Crippen molar-refractivity contribution in [1.29, 1.82) is 0 Å². The number of benzene rings is 2. The normalized spacial score (nSPS) is 10.5. The van der Waals surface area contributed by atoms with Crippen LogP contribution in [0, 0.1) is 13.8 Å². The molecule has 0 unspecified atom stereocenters. The summed E-state index contributed by atoms with van der Waals surface area (Å²) in [6.07, 6.45) is 2.47. The van der Waals surface area contributed by atoms with Crippen molar-refractivity contribution in [2.45, 2.75) is 33.7 Å². The molecule has 0 aliphatic rings. The summed E-state index contributed by atoms with van der Waals surface area (Å²) in [6, 6.07) is 15.8. The monoisotopic (exact) mass is 403 g/mol. The molecule has 3 rings (SSSR count). The highest BCUT2D eigenvalue weighted by atomic mass is 16.2. The Morgan fingerprint density at radius 1 is 0.933 bits per heavy atom. The van der Waals surface area contributed by atoms with E-state index in [0.717, 1.165) is 28.8 Å². The number of hydrogen-bond acceptors (Lipinski definition) is 3.